The molecule has 1 amide bonds. The van der Waals surface area contributed by atoms with Gasteiger partial charge < -0.3 is 20.4 Å². The molecule has 2 aromatic heterocycles. The summed E-state index contributed by atoms with van der Waals surface area (Å²) in [6.07, 6.45) is 3.51. The highest BCUT2D eigenvalue weighted by Crippen LogP contribution is 2.14. The number of rotatable bonds is 6. The largest absolute Gasteiger partial charge is 0.461 e. The van der Waals surface area contributed by atoms with Crippen LogP contribution in [0.1, 0.15) is 18.7 Å². The molecular weight excluding hydrogens is 475 g/mol. The van der Waals surface area contributed by atoms with E-state index >= 15 is 0 Å². The lowest BCUT2D eigenvalue weighted by atomic mass is 10.1. The van der Waals surface area contributed by atoms with Crippen molar-refractivity contribution in [2.45, 2.75) is 25.4 Å². The van der Waals surface area contributed by atoms with E-state index in [4.69, 9.17) is 4.42 Å². The van der Waals surface area contributed by atoms with Crippen LogP contribution in [-0.2, 0) is 11.3 Å². The van der Waals surface area contributed by atoms with Crippen LogP contribution in [0.2, 0.25) is 0 Å². The molecule has 4 N–H and O–H groups in total. The standard InChI is InChI=1S/C17H26N8O2.HI/c1-18-15(26)11-25-7-5-12(6-8-25)21-17(19-2)20-10-14-22-16(24-23-14)13-4-3-9-27-13;/h3-4,9,12H,5-8,10-11H2,1-2H3,(H,18,26)(H2,19,20,21)(H,22,23,24);1H. The van der Waals surface area contributed by atoms with Crippen molar-refractivity contribution in [3.8, 4) is 11.6 Å². The summed E-state index contributed by atoms with van der Waals surface area (Å²) in [7, 11) is 3.41. The highest BCUT2D eigenvalue weighted by Gasteiger charge is 2.21. The number of likely N-dealkylation sites (N-methyl/N-ethyl adjacent to an activating group) is 1. The molecule has 0 aliphatic carbocycles. The van der Waals surface area contributed by atoms with E-state index in [0.717, 1.165) is 31.9 Å². The molecule has 0 atom stereocenters. The molecule has 2 aromatic rings. The van der Waals surface area contributed by atoms with Crippen molar-refractivity contribution in [1.82, 2.24) is 36.0 Å². The van der Waals surface area contributed by atoms with Crippen molar-refractivity contribution < 1.29 is 9.21 Å². The van der Waals surface area contributed by atoms with Gasteiger partial charge in [0.2, 0.25) is 11.7 Å². The summed E-state index contributed by atoms with van der Waals surface area (Å²) in [5.41, 5.74) is 0. The second kappa shape index (κ2) is 11.0. The maximum absolute atomic E-state index is 11.5. The zero-order valence-electron chi connectivity index (χ0n) is 16.1. The molecule has 0 saturated carbocycles. The van der Waals surface area contributed by atoms with Crippen LogP contribution in [0.15, 0.2) is 27.8 Å². The van der Waals surface area contributed by atoms with Crippen LogP contribution in [-0.4, -0.2) is 71.7 Å². The van der Waals surface area contributed by atoms with Gasteiger partial charge in [-0.3, -0.25) is 19.8 Å². The number of H-pyrrole nitrogens is 1. The van der Waals surface area contributed by atoms with Gasteiger partial charge in [0.05, 0.1) is 19.4 Å². The number of aliphatic imine (C=N–C) groups is 1. The van der Waals surface area contributed by atoms with E-state index in [0.29, 0.717) is 36.5 Å². The number of halogens is 1. The molecule has 0 bridgehead atoms. The van der Waals surface area contributed by atoms with E-state index in [1.807, 2.05) is 6.07 Å². The molecule has 154 valence electrons. The number of carbonyl (C=O) groups is 1. The van der Waals surface area contributed by atoms with Gasteiger partial charge in [-0.05, 0) is 25.0 Å². The van der Waals surface area contributed by atoms with Gasteiger partial charge >= 0.3 is 0 Å². The Bertz CT molecular complexity index is 753. The molecule has 1 aliphatic rings. The third-order valence-corrected chi connectivity index (χ3v) is 4.49. The highest BCUT2D eigenvalue weighted by atomic mass is 127. The summed E-state index contributed by atoms with van der Waals surface area (Å²) in [4.78, 5) is 22.3. The first kappa shape index (κ1) is 22.1. The van der Waals surface area contributed by atoms with Gasteiger partial charge in [-0.15, -0.1) is 29.1 Å². The summed E-state index contributed by atoms with van der Waals surface area (Å²) in [5, 5.41) is 16.4. The number of aromatic nitrogens is 3. The van der Waals surface area contributed by atoms with E-state index in [1.165, 1.54) is 0 Å². The van der Waals surface area contributed by atoms with Crippen LogP contribution in [0, 0.1) is 0 Å². The van der Waals surface area contributed by atoms with Crippen LogP contribution in [0.4, 0.5) is 0 Å². The number of aromatic amines is 1. The lowest BCUT2D eigenvalue weighted by Gasteiger charge is -2.32. The minimum Gasteiger partial charge on any atom is -0.461 e. The van der Waals surface area contributed by atoms with Crippen molar-refractivity contribution in [2.75, 3.05) is 33.7 Å². The molecular formula is C17H27IN8O2. The Labute approximate surface area is 181 Å². The Kier molecular flexibility index (Phi) is 8.70. The number of likely N-dealkylation sites (tertiary alicyclic amines) is 1. The van der Waals surface area contributed by atoms with E-state index in [9.17, 15) is 4.79 Å². The third kappa shape index (κ3) is 6.19. The number of amides is 1. The monoisotopic (exact) mass is 502 g/mol. The highest BCUT2D eigenvalue weighted by molar-refractivity contribution is 14.0. The molecule has 11 heteroatoms. The predicted molar refractivity (Wildman–Crippen MR) is 116 cm³/mol. The summed E-state index contributed by atoms with van der Waals surface area (Å²) < 4.78 is 5.29. The molecule has 28 heavy (non-hydrogen) atoms. The maximum atomic E-state index is 11.5. The molecule has 1 aliphatic heterocycles. The van der Waals surface area contributed by atoms with Crippen LogP contribution < -0.4 is 16.0 Å². The van der Waals surface area contributed by atoms with Gasteiger partial charge in [0.1, 0.15) is 5.82 Å². The van der Waals surface area contributed by atoms with E-state index in [1.54, 1.807) is 26.4 Å². The number of carbonyl (C=O) groups excluding carboxylic acids is 1. The van der Waals surface area contributed by atoms with Crippen LogP contribution in [0.3, 0.4) is 0 Å². The van der Waals surface area contributed by atoms with Gasteiger partial charge in [0.15, 0.2) is 11.7 Å². The maximum Gasteiger partial charge on any atom is 0.233 e. The number of guanidine groups is 1. The average molecular weight is 502 g/mol. The molecule has 3 rings (SSSR count). The minimum atomic E-state index is 0. The number of nitrogens with zero attached hydrogens (tertiary/aromatic N) is 4. The summed E-state index contributed by atoms with van der Waals surface area (Å²) in [5.74, 6) is 2.63. The Balaban J connectivity index is 0.00000280. The van der Waals surface area contributed by atoms with Gasteiger partial charge in [0.25, 0.3) is 0 Å². The topological polar surface area (TPSA) is 123 Å². The zero-order chi connectivity index (χ0) is 19.1. The van der Waals surface area contributed by atoms with E-state index < -0.39 is 0 Å². The van der Waals surface area contributed by atoms with Gasteiger partial charge in [-0.1, -0.05) is 0 Å². The number of hydrogen-bond donors (Lipinski definition) is 4. The molecule has 0 radical (unpaired) electrons. The van der Waals surface area contributed by atoms with Crippen molar-refractivity contribution in [1.29, 1.82) is 0 Å². The molecule has 1 fully saturated rings. The second-order valence-electron chi connectivity index (χ2n) is 6.38. The average Bonchev–Trinajstić information content (AvgIpc) is 3.38. The smallest absolute Gasteiger partial charge is 0.233 e. The first-order chi connectivity index (χ1) is 13.2. The third-order valence-electron chi connectivity index (χ3n) is 4.49. The second-order valence-corrected chi connectivity index (χ2v) is 6.38. The SMILES string of the molecule is CN=C(NCc1nc(-c2ccco2)n[nH]1)NC1CCN(CC(=O)NC)CC1.I. The Morgan fingerprint density at radius 1 is 1.43 bits per heavy atom. The lowest BCUT2D eigenvalue weighted by molar-refractivity contribution is -0.122. The molecule has 0 spiro atoms. The predicted octanol–water partition coefficient (Wildman–Crippen LogP) is 0.558. The van der Waals surface area contributed by atoms with E-state index in [2.05, 4.69) is 41.0 Å². The molecule has 1 saturated heterocycles. The fourth-order valence-electron chi connectivity index (χ4n) is 2.96. The van der Waals surface area contributed by atoms with Crippen LogP contribution in [0.25, 0.3) is 11.6 Å². The number of hydrogen-bond acceptors (Lipinski definition) is 6. The Morgan fingerprint density at radius 2 is 2.21 bits per heavy atom. The van der Waals surface area contributed by atoms with Crippen molar-refractivity contribution in [3.63, 3.8) is 0 Å². The molecule has 0 aromatic carbocycles. The lowest BCUT2D eigenvalue weighted by Crippen LogP contribution is -2.49. The molecule has 10 nitrogen and oxygen atoms in total. The van der Waals surface area contributed by atoms with Crippen molar-refractivity contribution in [3.05, 3.63) is 24.2 Å². The fraction of sp³-hybridized carbons (Fsp3) is 0.529. The van der Waals surface area contributed by atoms with Crippen molar-refractivity contribution >= 4 is 35.8 Å². The molecule has 0 unspecified atom stereocenters. The quantitative estimate of drug-likeness (QED) is 0.259. The summed E-state index contributed by atoms with van der Waals surface area (Å²) in [6.45, 7) is 2.70. The van der Waals surface area contributed by atoms with Crippen molar-refractivity contribution in [2.24, 2.45) is 4.99 Å². The number of nitrogens with one attached hydrogen (secondary N) is 4. The Hall–Kier alpha value is -2.15. The normalized spacial score (nSPS) is 15.7. The number of piperidine rings is 1. The first-order valence-electron chi connectivity index (χ1n) is 9.03. The minimum absolute atomic E-state index is 0. The Morgan fingerprint density at radius 3 is 2.86 bits per heavy atom. The van der Waals surface area contributed by atoms with Crippen LogP contribution in [0.5, 0.6) is 0 Å². The summed E-state index contributed by atoms with van der Waals surface area (Å²) in [6, 6.07) is 3.94. The first-order valence-corrected chi connectivity index (χ1v) is 9.03. The molecule has 3 heterocycles. The zero-order valence-corrected chi connectivity index (χ0v) is 18.4. The van der Waals surface area contributed by atoms with Gasteiger partial charge in [-0.2, -0.15) is 0 Å². The number of furan rings is 1. The van der Waals surface area contributed by atoms with Gasteiger partial charge in [-0.25, -0.2) is 4.98 Å². The summed E-state index contributed by atoms with van der Waals surface area (Å²) >= 11 is 0. The van der Waals surface area contributed by atoms with Gasteiger partial charge in [0, 0.05) is 33.2 Å². The van der Waals surface area contributed by atoms with Crippen LogP contribution >= 0.6 is 24.0 Å². The van der Waals surface area contributed by atoms with E-state index in [-0.39, 0.29) is 29.9 Å². The fourth-order valence-corrected chi connectivity index (χ4v) is 2.96.